The van der Waals surface area contributed by atoms with Gasteiger partial charge < -0.3 is 30.2 Å². The van der Waals surface area contributed by atoms with Crippen molar-refractivity contribution < 1.29 is 19.0 Å². The highest BCUT2D eigenvalue weighted by Gasteiger charge is 2.12. The summed E-state index contributed by atoms with van der Waals surface area (Å²) in [5, 5.41) is 9.56. The van der Waals surface area contributed by atoms with E-state index in [4.69, 9.17) is 25.8 Å². The highest BCUT2D eigenvalue weighted by atomic mass is 35.5. The number of carbonyl (C=O) groups excluding carboxylic acids is 1. The molecule has 1 aliphatic heterocycles. The highest BCUT2D eigenvalue weighted by Crippen LogP contribution is 2.31. The second-order valence-corrected chi connectivity index (χ2v) is 10.3. The number of nitrogens with one attached hydrogen (secondary N) is 3. The summed E-state index contributed by atoms with van der Waals surface area (Å²) in [4.78, 5) is 27.4. The molecule has 0 aliphatic carbocycles. The van der Waals surface area contributed by atoms with Crippen LogP contribution in [0.2, 0.25) is 5.02 Å². The average Bonchev–Trinajstić information content (AvgIpc) is 3.04. The molecule has 0 saturated carbocycles. The molecule has 1 aromatic heterocycles. The smallest absolute Gasteiger partial charge is 0.247 e. The number of amides is 1. The Morgan fingerprint density at radius 3 is 2.36 bits per heavy atom. The van der Waals surface area contributed by atoms with Crippen LogP contribution in [0.4, 0.5) is 29.0 Å². The maximum atomic E-state index is 12.1. The van der Waals surface area contributed by atoms with E-state index in [-0.39, 0.29) is 5.91 Å². The summed E-state index contributed by atoms with van der Waals surface area (Å²) in [5.41, 5.74) is 2.88. The predicted octanol–water partition coefficient (Wildman–Crippen LogP) is 5.82. The van der Waals surface area contributed by atoms with Crippen LogP contribution in [-0.4, -0.2) is 65.2 Å². The molecular formula is C32H34ClN7O4. The van der Waals surface area contributed by atoms with Crippen molar-refractivity contribution in [3.05, 3.63) is 96.3 Å². The number of morpholine rings is 1. The lowest BCUT2D eigenvalue weighted by Gasteiger charge is -2.26. The third kappa shape index (κ3) is 9.14. The molecule has 3 aromatic carbocycles. The Morgan fingerprint density at radius 1 is 0.955 bits per heavy atom. The van der Waals surface area contributed by atoms with Gasteiger partial charge in [-0.25, -0.2) is 9.97 Å². The molecule has 1 saturated heterocycles. The van der Waals surface area contributed by atoms with Crippen LogP contribution in [0, 0.1) is 0 Å². The Labute approximate surface area is 261 Å². The Hall–Kier alpha value is -4.71. The third-order valence-corrected chi connectivity index (χ3v) is 6.95. The number of nitrogens with zero attached hydrogens (tertiary/aromatic N) is 4. The van der Waals surface area contributed by atoms with Gasteiger partial charge in [-0.2, -0.15) is 4.98 Å². The van der Waals surface area contributed by atoms with Crippen LogP contribution in [0.3, 0.4) is 0 Å². The number of carbonyl (C=O) groups is 1. The maximum Gasteiger partial charge on any atom is 0.247 e. The molecule has 0 unspecified atom stereocenters. The van der Waals surface area contributed by atoms with E-state index >= 15 is 0 Å². The van der Waals surface area contributed by atoms with Gasteiger partial charge in [0.25, 0.3) is 0 Å². The van der Waals surface area contributed by atoms with Crippen molar-refractivity contribution in [3.8, 4) is 11.5 Å². The van der Waals surface area contributed by atoms with Gasteiger partial charge in [-0.3, -0.25) is 9.69 Å². The van der Waals surface area contributed by atoms with Crippen LogP contribution >= 0.6 is 11.6 Å². The molecule has 0 spiro atoms. The van der Waals surface area contributed by atoms with Gasteiger partial charge in [0.1, 0.15) is 24.4 Å². The van der Waals surface area contributed by atoms with Crippen LogP contribution in [0.15, 0.2) is 85.7 Å². The summed E-state index contributed by atoms with van der Waals surface area (Å²) in [7, 11) is 0. The van der Waals surface area contributed by atoms with Gasteiger partial charge >= 0.3 is 0 Å². The van der Waals surface area contributed by atoms with Crippen molar-refractivity contribution in [1.29, 1.82) is 0 Å². The molecule has 3 N–H and O–H groups in total. The zero-order valence-electron chi connectivity index (χ0n) is 24.2. The Bertz CT molecular complexity index is 1550. The van der Waals surface area contributed by atoms with Crippen molar-refractivity contribution in [3.63, 3.8) is 0 Å². The van der Waals surface area contributed by atoms with Crippen molar-refractivity contribution >= 4 is 46.5 Å². The lowest BCUT2D eigenvalue weighted by atomic mass is 10.2. The quantitative estimate of drug-likeness (QED) is 0.118. The molecule has 0 atom stereocenters. The first-order valence-electron chi connectivity index (χ1n) is 14.3. The second kappa shape index (κ2) is 15.7. The van der Waals surface area contributed by atoms with Gasteiger partial charge in [0.2, 0.25) is 17.8 Å². The van der Waals surface area contributed by atoms with Crippen LogP contribution < -0.4 is 25.4 Å². The number of aromatic nitrogens is 3. The minimum Gasteiger partial charge on any atom is -0.491 e. The minimum absolute atomic E-state index is 0.302. The van der Waals surface area contributed by atoms with E-state index < -0.39 is 0 Å². The summed E-state index contributed by atoms with van der Waals surface area (Å²) in [5.74, 6) is 1.40. The van der Waals surface area contributed by atoms with Crippen molar-refractivity contribution in [2.24, 2.45) is 0 Å². The largest absolute Gasteiger partial charge is 0.491 e. The van der Waals surface area contributed by atoms with E-state index in [1.54, 1.807) is 24.3 Å². The number of hydrogen-bond acceptors (Lipinski definition) is 10. The maximum absolute atomic E-state index is 12.1. The number of ether oxygens (including phenoxy) is 3. The highest BCUT2D eigenvalue weighted by molar-refractivity contribution is 6.32. The molecular weight excluding hydrogens is 582 g/mol. The van der Waals surface area contributed by atoms with Crippen LogP contribution in [-0.2, 0) is 16.1 Å². The fraction of sp³-hybridized carbons (Fsp3) is 0.250. The first kappa shape index (κ1) is 30.7. The van der Waals surface area contributed by atoms with Crippen LogP contribution in [0.5, 0.6) is 11.5 Å². The Morgan fingerprint density at radius 2 is 1.66 bits per heavy atom. The molecule has 228 valence electrons. The van der Waals surface area contributed by atoms with E-state index in [1.165, 1.54) is 12.4 Å². The SMILES string of the molecule is C=CC(=O)Nc1cc(Nc2ncnc(Nc3ccc(OCc4ccccc4)c(Cl)c3)n2)ccc1OCCCN1CCOCC1. The van der Waals surface area contributed by atoms with Gasteiger partial charge in [0, 0.05) is 31.0 Å². The van der Waals surface area contributed by atoms with E-state index in [9.17, 15) is 4.79 Å². The molecule has 5 rings (SSSR count). The first-order chi connectivity index (χ1) is 21.6. The molecule has 12 heteroatoms. The van der Waals surface area contributed by atoms with E-state index in [0.717, 1.165) is 44.8 Å². The topological polar surface area (TPSA) is 123 Å². The van der Waals surface area contributed by atoms with Crippen LogP contribution in [0.25, 0.3) is 0 Å². The zero-order valence-corrected chi connectivity index (χ0v) is 24.9. The van der Waals surface area contributed by atoms with Gasteiger partial charge in [0.15, 0.2) is 0 Å². The first-order valence-corrected chi connectivity index (χ1v) is 14.6. The fourth-order valence-electron chi connectivity index (χ4n) is 4.42. The number of rotatable bonds is 14. The summed E-state index contributed by atoms with van der Waals surface area (Å²) >= 11 is 6.47. The molecule has 44 heavy (non-hydrogen) atoms. The third-order valence-electron chi connectivity index (χ3n) is 6.66. The van der Waals surface area contributed by atoms with E-state index in [1.807, 2.05) is 42.5 Å². The number of anilines is 5. The zero-order chi connectivity index (χ0) is 30.6. The van der Waals surface area contributed by atoms with Crippen molar-refractivity contribution in [2.75, 3.05) is 55.4 Å². The van der Waals surface area contributed by atoms with Crippen molar-refractivity contribution in [2.45, 2.75) is 13.0 Å². The lowest BCUT2D eigenvalue weighted by Crippen LogP contribution is -2.37. The Balaban J connectivity index is 1.20. The second-order valence-electron chi connectivity index (χ2n) is 9.86. The molecule has 1 fully saturated rings. The Kier molecular flexibility index (Phi) is 10.9. The van der Waals surface area contributed by atoms with Gasteiger partial charge in [0.05, 0.1) is 30.5 Å². The molecule has 2 heterocycles. The van der Waals surface area contributed by atoms with E-state index in [2.05, 4.69) is 42.4 Å². The number of halogens is 1. The predicted molar refractivity (Wildman–Crippen MR) is 171 cm³/mol. The summed E-state index contributed by atoms with van der Waals surface area (Å²) in [6.45, 7) is 8.77. The van der Waals surface area contributed by atoms with Crippen molar-refractivity contribution in [1.82, 2.24) is 19.9 Å². The van der Waals surface area contributed by atoms with E-state index in [0.29, 0.717) is 58.7 Å². The molecule has 1 aliphatic rings. The summed E-state index contributed by atoms with van der Waals surface area (Å²) in [6, 6.07) is 20.6. The van der Waals surface area contributed by atoms with Gasteiger partial charge in [-0.05, 0) is 54.5 Å². The molecule has 4 aromatic rings. The fourth-order valence-corrected chi connectivity index (χ4v) is 4.65. The molecule has 0 radical (unpaired) electrons. The number of hydrogen-bond donors (Lipinski definition) is 3. The lowest BCUT2D eigenvalue weighted by molar-refractivity contribution is -0.111. The standard InChI is InChI=1S/C32H34ClN7O4/c1-2-30(41)38-27-20-25(10-12-29(27)43-16-6-13-40-14-17-42-18-15-40)37-32-35-22-34-31(39-32)36-24-9-11-28(26(33)19-24)44-21-23-7-4-3-5-8-23/h2-5,7-12,19-20,22H,1,6,13-18,21H2,(H,38,41)(H2,34,35,36,37,39). The molecule has 1 amide bonds. The van der Waals surface area contributed by atoms with Gasteiger partial charge in [-0.15, -0.1) is 0 Å². The average molecular weight is 616 g/mol. The minimum atomic E-state index is -0.345. The summed E-state index contributed by atoms with van der Waals surface area (Å²) in [6.07, 6.45) is 3.45. The van der Waals surface area contributed by atoms with Gasteiger partial charge in [-0.1, -0.05) is 48.5 Å². The molecule has 0 bridgehead atoms. The normalized spacial score (nSPS) is 13.1. The summed E-state index contributed by atoms with van der Waals surface area (Å²) < 4.78 is 17.3. The monoisotopic (exact) mass is 615 g/mol. The van der Waals surface area contributed by atoms with Crippen LogP contribution in [0.1, 0.15) is 12.0 Å². The molecule has 11 nitrogen and oxygen atoms in total. The number of benzene rings is 3.